The third kappa shape index (κ3) is 3.81. The van der Waals surface area contributed by atoms with Gasteiger partial charge in [0.2, 0.25) is 5.13 Å². The van der Waals surface area contributed by atoms with Crippen molar-refractivity contribution in [2.45, 2.75) is 0 Å². The first kappa shape index (κ1) is 14.9. The van der Waals surface area contributed by atoms with E-state index in [4.69, 9.17) is 5.11 Å². The number of hydrazone groups is 1. The molecule has 0 spiro atoms. The van der Waals surface area contributed by atoms with Gasteiger partial charge in [-0.3, -0.25) is 5.43 Å². The van der Waals surface area contributed by atoms with Crippen LogP contribution in [0.3, 0.4) is 0 Å². The molecule has 5 nitrogen and oxygen atoms in total. The Labute approximate surface area is 137 Å². The van der Waals surface area contributed by atoms with E-state index in [-0.39, 0.29) is 5.56 Å². The second-order valence-corrected chi connectivity index (χ2v) is 5.56. The maximum absolute atomic E-state index is 10.8. The van der Waals surface area contributed by atoms with Gasteiger partial charge in [-0.25, -0.2) is 9.78 Å². The second-order valence-electron chi connectivity index (χ2n) is 4.70. The number of carboxylic acids is 1. The first-order valence-corrected chi connectivity index (χ1v) is 7.74. The Morgan fingerprint density at radius 3 is 2.57 bits per heavy atom. The van der Waals surface area contributed by atoms with Gasteiger partial charge in [0.05, 0.1) is 17.5 Å². The first-order chi connectivity index (χ1) is 11.2. The Morgan fingerprint density at radius 1 is 1.13 bits per heavy atom. The zero-order chi connectivity index (χ0) is 16.1. The number of thiazole rings is 1. The smallest absolute Gasteiger partial charge is 0.335 e. The monoisotopic (exact) mass is 323 g/mol. The summed E-state index contributed by atoms with van der Waals surface area (Å²) in [7, 11) is 0. The van der Waals surface area contributed by atoms with Gasteiger partial charge in [0.15, 0.2) is 0 Å². The number of nitrogens with one attached hydrogen (secondary N) is 1. The van der Waals surface area contributed by atoms with E-state index in [0.29, 0.717) is 5.13 Å². The molecule has 0 bridgehead atoms. The predicted molar refractivity (Wildman–Crippen MR) is 92.2 cm³/mol. The minimum atomic E-state index is -0.942. The van der Waals surface area contributed by atoms with Gasteiger partial charge in [0.25, 0.3) is 0 Å². The number of carbonyl (C=O) groups is 1. The number of rotatable bonds is 5. The third-order valence-electron chi connectivity index (χ3n) is 3.11. The Balaban J connectivity index is 1.64. The molecule has 0 aliphatic heterocycles. The molecule has 23 heavy (non-hydrogen) atoms. The summed E-state index contributed by atoms with van der Waals surface area (Å²) < 4.78 is 0. The lowest BCUT2D eigenvalue weighted by atomic mass is 10.1. The van der Waals surface area contributed by atoms with Gasteiger partial charge >= 0.3 is 5.97 Å². The molecule has 0 amide bonds. The second kappa shape index (κ2) is 6.85. The van der Waals surface area contributed by atoms with Crippen LogP contribution in [0.1, 0.15) is 15.9 Å². The number of hydrogen-bond acceptors (Lipinski definition) is 5. The highest BCUT2D eigenvalue weighted by Crippen LogP contribution is 2.24. The zero-order valence-electron chi connectivity index (χ0n) is 12.0. The van der Waals surface area contributed by atoms with Gasteiger partial charge in [0.1, 0.15) is 0 Å². The Hall–Kier alpha value is -2.99. The van der Waals surface area contributed by atoms with E-state index in [2.05, 4.69) is 15.5 Å². The molecule has 1 aromatic heterocycles. The molecule has 3 rings (SSSR count). The Bertz CT molecular complexity index is 827. The third-order valence-corrected chi connectivity index (χ3v) is 3.85. The number of aromatic carboxylic acids is 1. The highest BCUT2D eigenvalue weighted by molar-refractivity contribution is 7.14. The molecule has 0 aliphatic rings. The van der Waals surface area contributed by atoms with Crippen LogP contribution in [0.15, 0.2) is 65.1 Å². The van der Waals surface area contributed by atoms with Crippen molar-refractivity contribution in [3.8, 4) is 11.3 Å². The van der Waals surface area contributed by atoms with E-state index < -0.39 is 5.97 Å². The van der Waals surface area contributed by atoms with Crippen molar-refractivity contribution in [3.05, 3.63) is 71.1 Å². The van der Waals surface area contributed by atoms with Gasteiger partial charge in [0, 0.05) is 10.9 Å². The average Bonchev–Trinajstić information content (AvgIpc) is 3.05. The van der Waals surface area contributed by atoms with Gasteiger partial charge in [-0.05, 0) is 17.7 Å². The van der Waals surface area contributed by atoms with Crippen molar-refractivity contribution in [2.24, 2.45) is 5.10 Å². The van der Waals surface area contributed by atoms with Crippen molar-refractivity contribution in [3.63, 3.8) is 0 Å². The number of hydrogen-bond donors (Lipinski definition) is 2. The average molecular weight is 323 g/mol. The minimum Gasteiger partial charge on any atom is -0.478 e. The SMILES string of the molecule is O=C(O)c1ccc(/C=N\Nc2nc(-c3ccccc3)cs2)cc1. The molecule has 0 saturated heterocycles. The molecule has 0 saturated carbocycles. The topological polar surface area (TPSA) is 74.6 Å². The van der Waals surface area contributed by atoms with Crippen molar-refractivity contribution < 1.29 is 9.90 Å². The standard InChI is InChI=1S/C17H13N3O2S/c21-16(22)14-8-6-12(7-9-14)10-18-20-17-19-15(11-23-17)13-4-2-1-3-5-13/h1-11H,(H,19,20)(H,21,22)/b18-10-. The quantitative estimate of drug-likeness (QED) is 0.550. The van der Waals surface area contributed by atoms with Crippen LogP contribution < -0.4 is 5.43 Å². The summed E-state index contributed by atoms with van der Waals surface area (Å²) in [6.07, 6.45) is 1.62. The summed E-state index contributed by atoms with van der Waals surface area (Å²) >= 11 is 1.47. The van der Waals surface area contributed by atoms with E-state index in [1.165, 1.54) is 11.3 Å². The lowest BCUT2D eigenvalue weighted by Crippen LogP contribution is -1.96. The normalized spacial score (nSPS) is 10.8. The molecular formula is C17H13N3O2S. The Kier molecular flexibility index (Phi) is 4.44. The molecule has 3 aromatic rings. The summed E-state index contributed by atoms with van der Waals surface area (Å²) in [5.74, 6) is -0.942. The van der Waals surface area contributed by atoms with E-state index in [1.807, 2.05) is 35.7 Å². The van der Waals surface area contributed by atoms with Crippen molar-refractivity contribution >= 4 is 28.7 Å². The molecule has 6 heteroatoms. The predicted octanol–water partition coefficient (Wildman–Crippen LogP) is 3.95. The van der Waals surface area contributed by atoms with E-state index in [0.717, 1.165) is 16.8 Å². The van der Waals surface area contributed by atoms with Gasteiger partial charge in [-0.2, -0.15) is 5.10 Å². The van der Waals surface area contributed by atoms with Gasteiger partial charge < -0.3 is 5.11 Å². The van der Waals surface area contributed by atoms with Crippen LogP contribution in [0, 0.1) is 0 Å². The highest BCUT2D eigenvalue weighted by Gasteiger charge is 2.03. The summed E-state index contributed by atoms with van der Waals surface area (Å²) in [4.78, 5) is 15.2. The molecular weight excluding hydrogens is 310 g/mol. The fraction of sp³-hybridized carbons (Fsp3) is 0. The molecule has 0 radical (unpaired) electrons. The number of nitrogens with zero attached hydrogens (tertiary/aromatic N) is 2. The molecule has 0 atom stereocenters. The van der Waals surface area contributed by atoms with Gasteiger partial charge in [-0.15, -0.1) is 11.3 Å². The Morgan fingerprint density at radius 2 is 1.87 bits per heavy atom. The van der Waals surface area contributed by atoms with Crippen LogP contribution in [0.25, 0.3) is 11.3 Å². The van der Waals surface area contributed by atoms with Crippen LogP contribution >= 0.6 is 11.3 Å². The van der Waals surface area contributed by atoms with Crippen LogP contribution in [0.2, 0.25) is 0 Å². The summed E-state index contributed by atoms with van der Waals surface area (Å²) in [5.41, 5.74) is 5.90. The summed E-state index contributed by atoms with van der Waals surface area (Å²) in [6, 6.07) is 16.4. The fourth-order valence-corrected chi connectivity index (χ4v) is 2.61. The maximum Gasteiger partial charge on any atom is 0.335 e. The van der Waals surface area contributed by atoms with Crippen LogP contribution in [0.4, 0.5) is 5.13 Å². The lowest BCUT2D eigenvalue weighted by Gasteiger charge is -1.97. The number of anilines is 1. The van der Waals surface area contributed by atoms with E-state index >= 15 is 0 Å². The fourth-order valence-electron chi connectivity index (χ4n) is 1.94. The molecule has 2 N–H and O–H groups in total. The molecule has 0 fully saturated rings. The molecule has 0 aliphatic carbocycles. The largest absolute Gasteiger partial charge is 0.478 e. The molecule has 1 heterocycles. The lowest BCUT2D eigenvalue weighted by molar-refractivity contribution is 0.0697. The molecule has 114 valence electrons. The zero-order valence-corrected chi connectivity index (χ0v) is 12.8. The van der Waals surface area contributed by atoms with Crippen LogP contribution in [-0.4, -0.2) is 22.3 Å². The molecule has 2 aromatic carbocycles. The van der Waals surface area contributed by atoms with E-state index in [9.17, 15) is 4.79 Å². The maximum atomic E-state index is 10.8. The van der Waals surface area contributed by atoms with E-state index in [1.54, 1.807) is 30.5 Å². The summed E-state index contributed by atoms with van der Waals surface area (Å²) in [6.45, 7) is 0. The van der Waals surface area contributed by atoms with Crippen LogP contribution in [0.5, 0.6) is 0 Å². The number of aromatic nitrogens is 1. The summed E-state index contributed by atoms with van der Waals surface area (Å²) in [5, 5.41) is 15.6. The van der Waals surface area contributed by atoms with Crippen molar-refractivity contribution in [1.29, 1.82) is 0 Å². The number of carboxylic acid groups (broad SMARTS) is 1. The molecule has 0 unspecified atom stereocenters. The van der Waals surface area contributed by atoms with Crippen molar-refractivity contribution in [1.82, 2.24) is 4.98 Å². The minimum absolute atomic E-state index is 0.252. The first-order valence-electron chi connectivity index (χ1n) is 6.86. The number of benzene rings is 2. The van der Waals surface area contributed by atoms with Crippen molar-refractivity contribution in [2.75, 3.05) is 5.43 Å². The van der Waals surface area contributed by atoms with Crippen LogP contribution in [-0.2, 0) is 0 Å². The van der Waals surface area contributed by atoms with Gasteiger partial charge in [-0.1, -0.05) is 42.5 Å². The highest BCUT2D eigenvalue weighted by atomic mass is 32.1.